The van der Waals surface area contributed by atoms with Crippen molar-refractivity contribution in [2.24, 2.45) is 5.92 Å². The van der Waals surface area contributed by atoms with Crippen molar-refractivity contribution >= 4 is 23.2 Å². The van der Waals surface area contributed by atoms with Crippen molar-refractivity contribution in [1.82, 2.24) is 10.3 Å². The van der Waals surface area contributed by atoms with E-state index in [0.29, 0.717) is 6.54 Å². The van der Waals surface area contributed by atoms with Crippen molar-refractivity contribution in [3.8, 4) is 0 Å². The number of aromatic nitrogens is 1. The van der Waals surface area contributed by atoms with Crippen LogP contribution in [0.3, 0.4) is 0 Å². The zero-order chi connectivity index (χ0) is 15.6. The summed E-state index contributed by atoms with van der Waals surface area (Å²) in [7, 11) is 0. The molecule has 1 atom stereocenters. The van der Waals surface area contributed by atoms with Gasteiger partial charge in [0.1, 0.15) is 5.60 Å². The zero-order valence-electron chi connectivity index (χ0n) is 12.9. The van der Waals surface area contributed by atoms with Gasteiger partial charge in [-0.25, -0.2) is 4.98 Å². The minimum absolute atomic E-state index is 0.0249. The van der Waals surface area contributed by atoms with Gasteiger partial charge in [0, 0.05) is 24.0 Å². The smallest absolute Gasteiger partial charge is 0.307 e. The van der Waals surface area contributed by atoms with Gasteiger partial charge in [-0.05, 0) is 39.0 Å². The molecule has 1 aromatic heterocycles. The summed E-state index contributed by atoms with van der Waals surface area (Å²) in [4.78, 5) is 28.5. The molecule has 120 valence electrons. The van der Waals surface area contributed by atoms with Crippen LogP contribution in [0.2, 0.25) is 0 Å². The fourth-order valence-corrected chi connectivity index (χ4v) is 4.36. The molecule has 22 heavy (non-hydrogen) atoms. The Kier molecular flexibility index (Phi) is 4.47. The van der Waals surface area contributed by atoms with E-state index in [0.717, 1.165) is 49.2 Å². The maximum atomic E-state index is 12.4. The van der Waals surface area contributed by atoms with Crippen LogP contribution in [0, 0.1) is 12.8 Å². The largest absolute Gasteiger partial charge is 0.458 e. The van der Waals surface area contributed by atoms with Gasteiger partial charge in [0.05, 0.1) is 17.3 Å². The summed E-state index contributed by atoms with van der Waals surface area (Å²) < 4.78 is 5.51. The number of hydrogen-bond donors (Lipinski definition) is 1. The SMILES string of the molecule is Cc1csc(CCCNC(=O)[C@@H]2CC(=O)OC23CCCC3)n1. The number of nitrogens with zero attached hydrogens (tertiary/aromatic N) is 1. The van der Waals surface area contributed by atoms with Crippen LogP contribution >= 0.6 is 11.3 Å². The fourth-order valence-electron chi connectivity index (χ4n) is 3.54. The highest BCUT2D eigenvalue weighted by Gasteiger charge is 2.53. The summed E-state index contributed by atoms with van der Waals surface area (Å²) in [6, 6.07) is 0. The maximum absolute atomic E-state index is 12.4. The summed E-state index contributed by atoms with van der Waals surface area (Å²) >= 11 is 1.66. The highest BCUT2D eigenvalue weighted by atomic mass is 32.1. The van der Waals surface area contributed by atoms with Crippen LogP contribution in [0.25, 0.3) is 0 Å². The van der Waals surface area contributed by atoms with Gasteiger partial charge in [0.15, 0.2) is 0 Å². The van der Waals surface area contributed by atoms with Crippen LogP contribution in [-0.4, -0.2) is 29.0 Å². The van der Waals surface area contributed by atoms with Crippen LogP contribution in [-0.2, 0) is 20.7 Å². The Hall–Kier alpha value is -1.43. The van der Waals surface area contributed by atoms with E-state index in [1.165, 1.54) is 0 Å². The molecule has 2 heterocycles. The lowest BCUT2D eigenvalue weighted by Crippen LogP contribution is -2.43. The third-order valence-electron chi connectivity index (χ3n) is 4.62. The van der Waals surface area contributed by atoms with Crippen molar-refractivity contribution < 1.29 is 14.3 Å². The van der Waals surface area contributed by atoms with Crippen molar-refractivity contribution in [1.29, 1.82) is 0 Å². The molecule has 0 radical (unpaired) electrons. The van der Waals surface area contributed by atoms with Crippen molar-refractivity contribution in [2.75, 3.05) is 6.54 Å². The highest BCUT2D eigenvalue weighted by molar-refractivity contribution is 7.09. The lowest BCUT2D eigenvalue weighted by Gasteiger charge is -2.27. The molecule has 1 saturated heterocycles. The molecule has 0 unspecified atom stereocenters. The number of aryl methyl sites for hydroxylation is 2. The predicted molar refractivity (Wildman–Crippen MR) is 83.6 cm³/mol. The highest BCUT2D eigenvalue weighted by Crippen LogP contribution is 2.45. The Morgan fingerprint density at radius 1 is 1.50 bits per heavy atom. The van der Waals surface area contributed by atoms with E-state index in [1.807, 2.05) is 12.3 Å². The van der Waals surface area contributed by atoms with Gasteiger partial charge < -0.3 is 10.1 Å². The first-order valence-corrected chi connectivity index (χ1v) is 8.88. The monoisotopic (exact) mass is 322 g/mol. The third kappa shape index (κ3) is 3.16. The van der Waals surface area contributed by atoms with Crippen molar-refractivity contribution in [2.45, 2.75) is 57.5 Å². The lowest BCUT2D eigenvalue weighted by molar-refractivity contribution is -0.149. The molecule has 1 aliphatic heterocycles. The minimum Gasteiger partial charge on any atom is -0.458 e. The number of hydrogen-bond acceptors (Lipinski definition) is 5. The Morgan fingerprint density at radius 2 is 2.27 bits per heavy atom. The molecule has 1 amide bonds. The third-order valence-corrected chi connectivity index (χ3v) is 5.65. The van der Waals surface area contributed by atoms with Crippen LogP contribution < -0.4 is 5.32 Å². The molecule has 1 aromatic rings. The topological polar surface area (TPSA) is 68.3 Å². The van der Waals surface area contributed by atoms with Gasteiger partial charge in [0.25, 0.3) is 0 Å². The summed E-state index contributed by atoms with van der Waals surface area (Å²) in [5.74, 6) is -0.548. The molecule has 0 bridgehead atoms. The molecular weight excluding hydrogens is 300 g/mol. The molecule has 3 rings (SSSR count). The first-order chi connectivity index (χ1) is 10.6. The fraction of sp³-hybridized carbons (Fsp3) is 0.688. The standard InChI is InChI=1S/C16H22N2O3S/c1-11-10-22-13(18-11)5-4-8-17-15(20)12-9-14(19)21-16(12)6-2-3-7-16/h10,12H,2-9H2,1H3,(H,17,20)/t12-/m0/s1. The van der Waals surface area contributed by atoms with Crippen molar-refractivity contribution in [3.63, 3.8) is 0 Å². The lowest BCUT2D eigenvalue weighted by atomic mass is 9.85. The van der Waals surface area contributed by atoms with E-state index >= 15 is 0 Å². The second-order valence-electron chi connectivity index (χ2n) is 6.28. The number of amides is 1. The summed E-state index contributed by atoms with van der Waals surface area (Å²) in [6.07, 6.45) is 5.72. The van der Waals surface area contributed by atoms with Gasteiger partial charge in [-0.1, -0.05) is 0 Å². The Balaban J connectivity index is 1.48. The number of carbonyl (C=O) groups is 2. The Labute approximate surface area is 134 Å². The van der Waals surface area contributed by atoms with Crippen LogP contribution in [0.1, 0.15) is 49.2 Å². The minimum atomic E-state index is -0.506. The molecule has 1 N–H and O–H groups in total. The number of rotatable bonds is 5. The quantitative estimate of drug-likeness (QED) is 0.667. The Morgan fingerprint density at radius 3 is 2.95 bits per heavy atom. The second-order valence-corrected chi connectivity index (χ2v) is 7.22. The van der Waals surface area contributed by atoms with Gasteiger partial charge in [0.2, 0.25) is 5.91 Å². The van der Waals surface area contributed by atoms with Gasteiger partial charge in [-0.3, -0.25) is 9.59 Å². The number of nitrogens with one attached hydrogen (secondary N) is 1. The van der Waals surface area contributed by atoms with Crippen LogP contribution in [0.4, 0.5) is 0 Å². The van der Waals surface area contributed by atoms with Gasteiger partial charge in [-0.15, -0.1) is 11.3 Å². The first kappa shape index (κ1) is 15.5. The van der Waals surface area contributed by atoms with E-state index in [9.17, 15) is 9.59 Å². The van der Waals surface area contributed by atoms with E-state index in [1.54, 1.807) is 11.3 Å². The predicted octanol–water partition coefficient (Wildman–Crippen LogP) is 2.38. The molecule has 6 heteroatoms. The molecular formula is C16H22N2O3S. The molecule has 5 nitrogen and oxygen atoms in total. The van der Waals surface area contributed by atoms with Gasteiger partial charge >= 0.3 is 5.97 Å². The molecule has 2 fully saturated rings. The van der Waals surface area contributed by atoms with E-state index < -0.39 is 5.60 Å². The average molecular weight is 322 g/mol. The Bertz CT molecular complexity index is 563. The molecule has 0 aromatic carbocycles. The average Bonchev–Trinajstić information content (AvgIpc) is 3.18. The normalized spacial score (nSPS) is 23.0. The van der Waals surface area contributed by atoms with E-state index in [4.69, 9.17) is 4.74 Å². The number of carbonyl (C=O) groups excluding carboxylic acids is 2. The summed E-state index contributed by atoms with van der Waals surface area (Å²) in [5, 5.41) is 6.13. The van der Waals surface area contributed by atoms with Crippen LogP contribution in [0.15, 0.2) is 5.38 Å². The van der Waals surface area contributed by atoms with Crippen molar-refractivity contribution in [3.05, 3.63) is 16.1 Å². The molecule has 1 saturated carbocycles. The maximum Gasteiger partial charge on any atom is 0.307 e. The second kappa shape index (κ2) is 6.36. The molecule has 1 aliphatic carbocycles. The first-order valence-electron chi connectivity index (χ1n) is 8.00. The molecule has 2 aliphatic rings. The number of ether oxygens (including phenoxy) is 1. The van der Waals surface area contributed by atoms with Gasteiger partial charge in [-0.2, -0.15) is 0 Å². The molecule has 1 spiro atoms. The summed E-state index contributed by atoms with van der Waals surface area (Å²) in [6.45, 7) is 2.61. The van der Waals surface area contributed by atoms with Crippen LogP contribution in [0.5, 0.6) is 0 Å². The summed E-state index contributed by atoms with van der Waals surface area (Å²) in [5.41, 5.74) is 0.543. The van der Waals surface area contributed by atoms with E-state index in [-0.39, 0.29) is 24.2 Å². The number of esters is 1. The number of thiazole rings is 1. The van der Waals surface area contributed by atoms with E-state index in [2.05, 4.69) is 10.3 Å². The zero-order valence-corrected chi connectivity index (χ0v) is 13.7.